The van der Waals surface area contributed by atoms with Crippen molar-refractivity contribution in [3.05, 3.63) is 29.8 Å². The van der Waals surface area contributed by atoms with E-state index in [9.17, 15) is 53.4 Å². The van der Waals surface area contributed by atoms with E-state index in [1.165, 1.54) is 61.6 Å². The Bertz CT molecular complexity index is 2330. The molecule has 1 aromatic carbocycles. The molecule has 3 aliphatic heterocycles. The summed E-state index contributed by atoms with van der Waals surface area (Å²) in [5.41, 5.74) is 0.571. The summed E-state index contributed by atoms with van der Waals surface area (Å²) >= 11 is 0. The van der Waals surface area contributed by atoms with Gasteiger partial charge in [0.15, 0.2) is 11.9 Å². The number of Topliss-reactive ketones (excluding diaryl/α,β-unsaturated/α-hetero) is 1. The lowest BCUT2D eigenvalue weighted by Crippen LogP contribution is -2.62. The highest BCUT2D eigenvalue weighted by Gasteiger charge is 2.46. The number of carbonyl (C=O) groups excluding carboxylic acids is 10. The Hall–Kier alpha value is -6.16. The van der Waals surface area contributed by atoms with Gasteiger partial charge in [0, 0.05) is 33.6 Å². The van der Waals surface area contributed by atoms with E-state index in [0.29, 0.717) is 30.6 Å². The number of hydrogen-bond acceptors (Lipinski definition) is 15. The third kappa shape index (κ3) is 16.9. The molecule has 0 saturated carbocycles. The number of fused-ring (bicyclic) bond motifs is 1. The maximum atomic E-state index is 15.0. The van der Waals surface area contributed by atoms with Crippen LogP contribution in [-0.4, -0.2) is 190 Å². The predicted octanol–water partition coefficient (Wildman–Crippen LogP) is 2.32. The standard InChI is InChI=1S/C57H89N7O15/c1-15-33(8)46-44(66)29-45(67)79-49(32(6)7)48(68)34(9)50(69)58-39(26-30(2)3)54(73)64-25-17-19-41(64)56(75)62(13)43(28-37-20-22-38(77-14)23-21-37)57(76)78-36(11)47(52(71)59-46)60-51(70)42(27-31(4)5)61(12)55(74)40-18-16-24-63(40)53(72)35(10)65/h20-23,30-36,39-44,46-47,49,65-66H,15-19,24-29H2,1-14H3,(H,58,69)(H,59,71)(H,60,70)/t33-,34-,35-,36+,39-,40-,41-,42?,43-,44-,46+,47?,49-/m0/s1. The first kappa shape index (κ1) is 65.4. The Balaban J connectivity index is 1.89. The summed E-state index contributed by atoms with van der Waals surface area (Å²) in [6.45, 7) is 18.4. The molecule has 3 fully saturated rings. The fourth-order valence-electron chi connectivity index (χ4n) is 10.5. The van der Waals surface area contributed by atoms with Crippen molar-refractivity contribution in [1.82, 2.24) is 35.6 Å². The summed E-state index contributed by atoms with van der Waals surface area (Å²) < 4.78 is 17.2. The highest BCUT2D eigenvalue weighted by molar-refractivity contribution is 6.05. The second kappa shape index (κ2) is 29.3. The smallest absolute Gasteiger partial charge is 0.329 e. The van der Waals surface area contributed by atoms with Crippen LogP contribution in [0.4, 0.5) is 0 Å². The molecule has 3 heterocycles. The van der Waals surface area contributed by atoms with Crippen molar-refractivity contribution < 1.29 is 72.4 Å². The molecule has 1 aromatic rings. The second-order valence-electron chi connectivity index (χ2n) is 23.0. The van der Waals surface area contributed by atoms with Gasteiger partial charge in [-0.05, 0) is 101 Å². The molecule has 3 saturated heterocycles. The molecular formula is C57H89N7O15. The minimum absolute atomic E-state index is 0.0720. The van der Waals surface area contributed by atoms with Crippen molar-refractivity contribution in [3.8, 4) is 5.75 Å². The van der Waals surface area contributed by atoms with E-state index in [4.69, 9.17) is 14.2 Å². The van der Waals surface area contributed by atoms with Crippen molar-refractivity contribution in [2.24, 2.45) is 29.6 Å². The van der Waals surface area contributed by atoms with Crippen molar-refractivity contribution in [2.75, 3.05) is 34.3 Å². The van der Waals surface area contributed by atoms with Gasteiger partial charge in [-0.1, -0.05) is 73.9 Å². The van der Waals surface area contributed by atoms with Crippen LogP contribution in [0.1, 0.15) is 133 Å². The number of nitrogens with zero attached hydrogens (tertiary/aromatic N) is 4. The molecule has 5 N–H and O–H groups in total. The van der Waals surface area contributed by atoms with Crippen molar-refractivity contribution in [1.29, 1.82) is 0 Å². The van der Waals surface area contributed by atoms with Gasteiger partial charge in [-0.25, -0.2) is 4.79 Å². The number of methoxy groups -OCH3 is 1. The summed E-state index contributed by atoms with van der Waals surface area (Å²) in [5, 5.41) is 30.2. The minimum atomic E-state index is -1.76. The number of esters is 2. The van der Waals surface area contributed by atoms with Gasteiger partial charge in [-0.3, -0.25) is 43.2 Å². The van der Waals surface area contributed by atoms with E-state index < -0.39 is 150 Å². The molecule has 0 radical (unpaired) electrons. The lowest BCUT2D eigenvalue weighted by molar-refractivity contribution is -0.163. The molecule has 0 spiro atoms. The molecule has 79 heavy (non-hydrogen) atoms. The van der Waals surface area contributed by atoms with Crippen LogP contribution < -0.4 is 20.7 Å². The number of hydrogen-bond donors (Lipinski definition) is 5. The Morgan fingerprint density at radius 1 is 0.861 bits per heavy atom. The first-order valence-corrected chi connectivity index (χ1v) is 28.0. The van der Waals surface area contributed by atoms with Gasteiger partial charge in [-0.15, -0.1) is 0 Å². The largest absolute Gasteiger partial charge is 0.497 e. The monoisotopic (exact) mass is 1110 g/mol. The molecule has 4 rings (SSSR count). The molecular weight excluding hydrogens is 1020 g/mol. The molecule has 0 aliphatic carbocycles. The first-order chi connectivity index (χ1) is 37.0. The third-order valence-electron chi connectivity index (χ3n) is 15.5. The van der Waals surface area contributed by atoms with Gasteiger partial charge < -0.3 is 60.0 Å². The highest BCUT2D eigenvalue weighted by Crippen LogP contribution is 2.27. The molecule has 0 bridgehead atoms. The number of ketones is 1. The van der Waals surface area contributed by atoms with Crippen LogP contribution in [0.3, 0.4) is 0 Å². The molecule has 442 valence electrons. The summed E-state index contributed by atoms with van der Waals surface area (Å²) in [6, 6.07) is -2.19. The number of aliphatic hydroxyl groups excluding tert-OH is 2. The number of likely N-dealkylation sites (N-methyl/N-ethyl adjacent to an activating group) is 2. The zero-order chi connectivity index (χ0) is 59.3. The van der Waals surface area contributed by atoms with Gasteiger partial charge in [-0.2, -0.15) is 0 Å². The number of aliphatic hydroxyl groups is 2. The molecule has 0 aromatic heterocycles. The topological polar surface area (TPSA) is 288 Å². The number of cyclic esters (lactones) is 2. The number of nitrogens with one attached hydrogen (secondary N) is 3. The maximum Gasteiger partial charge on any atom is 0.329 e. The minimum Gasteiger partial charge on any atom is -0.497 e. The number of carbonyl (C=O) groups is 10. The predicted molar refractivity (Wildman–Crippen MR) is 290 cm³/mol. The molecule has 3 aliphatic rings. The number of rotatable bonds is 15. The molecule has 7 amide bonds. The Morgan fingerprint density at radius 3 is 2.06 bits per heavy atom. The van der Waals surface area contributed by atoms with E-state index in [-0.39, 0.29) is 57.0 Å². The lowest BCUT2D eigenvalue weighted by atomic mass is 9.91. The van der Waals surface area contributed by atoms with Gasteiger partial charge in [0.05, 0.1) is 31.6 Å². The summed E-state index contributed by atoms with van der Waals surface area (Å²) in [6.07, 6.45) is -4.99. The zero-order valence-corrected chi connectivity index (χ0v) is 48.8. The van der Waals surface area contributed by atoms with E-state index in [2.05, 4.69) is 16.0 Å². The number of likely N-dealkylation sites (tertiary alicyclic amines) is 1. The highest BCUT2D eigenvalue weighted by atomic mass is 16.6. The average molecular weight is 1110 g/mol. The van der Waals surface area contributed by atoms with Crippen LogP contribution >= 0.6 is 0 Å². The maximum absolute atomic E-state index is 15.0. The fraction of sp³-hybridized carbons (Fsp3) is 0.719. The summed E-state index contributed by atoms with van der Waals surface area (Å²) in [5.74, 6) is -10.3. The normalized spacial score (nSPS) is 27.7. The van der Waals surface area contributed by atoms with E-state index >= 15 is 4.79 Å². The van der Waals surface area contributed by atoms with Crippen LogP contribution in [0.2, 0.25) is 0 Å². The number of benzene rings is 1. The van der Waals surface area contributed by atoms with Crippen LogP contribution in [0.15, 0.2) is 24.3 Å². The number of ether oxygens (including phenoxy) is 3. The Morgan fingerprint density at radius 2 is 1.49 bits per heavy atom. The van der Waals surface area contributed by atoms with Gasteiger partial charge >= 0.3 is 11.9 Å². The first-order valence-electron chi connectivity index (χ1n) is 28.0. The third-order valence-corrected chi connectivity index (χ3v) is 15.5. The van der Waals surface area contributed by atoms with Crippen LogP contribution in [0.5, 0.6) is 5.75 Å². The number of amides is 7. The van der Waals surface area contributed by atoms with E-state index in [1.54, 1.807) is 52.0 Å². The average Bonchev–Trinajstić information content (AvgIpc) is 4.13. The van der Waals surface area contributed by atoms with Crippen molar-refractivity contribution >= 4 is 59.1 Å². The second-order valence-corrected chi connectivity index (χ2v) is 23.0. The lowest BCUT2D eigenvalue weighted by Gasteiger charge is -2.36. The zero-order valence-electron chi connectivity index (χ0n) is 48.8. The van der Waals surface area contributed by atoms with Crippen molar-refractivity contribution in [3.63, 3.8) is 0 Å². The van der Waals surface area contributed by atoms with Crippen LogP contribution in [-0.2, 0) is 63.8 Å². The SMILES string of the molecule is CC[C@H](C)[C@H]1NC(=O)C(NC(=O)C(CC(C)C)N(C)C(=O)[C@@H]2CCCN2C(=O)[C@H](C)O)[C@@H](C)OC(=O)[C@H](Cc2ccc(OC)cc2)N(C)C(=O)[C@@H]2CCCN2C(=O)[C@H](CC(C)C)NC(=O)[C@@H](C)C(=O)[C@H](C(C)C)OC(=O)C[C@@H]1O. The van der Waals surface area contributed by atoms with Gasteiger partial charge in [0.2, 0.25) is 35.4 Å². The fourth-order valence-corrected chi connectivity index (χ4v) is 10.5. The van der Waals surface area contributed by atoms with Crippen LogP contribution in [0.25, 0.3) is 0 Å². The molecule has 22 nitrogen and oxygen atoms in total. The van der Waals surface area contributed by atoms with E-state index in [0.717, 1.165) is 0 Å². The Kier molecular flexibility index (Phi) is 24.3. The summed E-state index contributed by atoms with van der Waals surface area (Å²) in [4.78, 5) is 149. The molecule has 13 atom stereocenters. The molecule has 22 heteroatoms. The molecule has 2 unspecified atom stereocenters. The summed E-state index contributed by atoms with van der Waals surface area (Å²) in [7, 11) is 4.29. The van der Waals surface area contributed by atoms with E-state index in [1.807, 2.05) is 27.7 Å². The quantitative estimate of drug-likeness (QED) is 0.124. The van der Waals surface area contributed by atoms with Crippen molar-refractivity contribution in [2.45, 2.75) is 201 Å². The van der Waals surface area contributed by atoms with Gasteiger partial charge in [0.1, 0.15) is 54.2 Å². The Labute approximate surface area is 465 Å². The van der Waals surface area contributed by atoms with Crippen LogP contribution in [0, 0.1) is 29.6 Å². The van der Waals surface area contributed by atoms with Gasteiger partial charge in [0.25, 0.3) is 5.91 Å².